The quantitative estimate of drug-likeness (QED) is 0.851. The van der Waals surface area contributed by atoms with Crippen LogP contribution in [0, 0.1) is 18.6 Å². The van der Waals surface area contributed by atoms with E-state index in [1.807, 2.05) is 0 Å². The number of hydrogen-bond acceptors (Lipinski definition) is 2. The number of benzene rings is 2. The maximum absolute atomic E-state index is 13.1. The molecule has 0 aliphatic carbocycles. The fourth-order valence-corrected chi connectivity index (χ4v) is 2.34. The summed E-state index contributed by atoms with van der Waals surface area (Å²) in [6.07, 6.45) is 0.476. The predicted molar refractivity (Wildman–Crippen MR) is 71.2 cm³/mol. The molecule has 1 aliphatic rings. The number of halogens is 2. The zero-order valence-corrected chi connectivity index (χ0v) is 11.0. The Kier molecular flexibility index (Phi) is 3.30. The van der Waals surface area contributed by atoms with E-state index in [4.69, 9.17) is 9.47 Å². The first-order chi connectivity index (χ1) is 9.61. The highest BCUT2D eigenvalue weighted by atomic mass is 19.1. The maximum Gasteiger partial charge on any atom is 0.137 e. The fraction of sp³-hybridized carbons (Fsp3) is 0.250. The normalized spacial score (nSPS) is 16.6. The summed E-state index contributed by atoms with van der Waals surface area (Å²) in [5, 5.41) is 0. The van der Waals surface area contributed by atoms with Gasteiger partial charge in [-0.2, -0.15) is 0 Å². The lowest BCUT2D eigenvalue weighted by Crippen LogP contribution is -2.22. The summed E-state index contributed by atoms with van der Waals surface area (Å²) in [7, 11) is 0. The lowest BCUT2D eigenvalue weighted by Gasteiger charge is -2.13. The summed E-state index contributed by atoms with van der Waals surface area (Å²) in [5.74, 6) is 0.797. The summed E-state index contributed by atoms with van der Waals surface area (Å²) in [5.41, 5.74) is 1.60. The molecule has 1 unspecified atom stereocenters. The minimum Gasteiger partial charge on any atom is -0.489 e. The predicted octanol–water partition coefficient (Wildman–Crippen LogP) is 3.66. The zero-order chi connectivity index (χ0) is 14.1. The Bertz CT molecular complexity index is 640. The first-order valence-electron chi connectivity index (χ1n) is 6.46. The molecule has 2 aromatic rings. The third kappa shape index (κ3) is 2.59. The first kappa shape index (κ1) is 12.9. The molecule has 1 atom stereocenters. The van der Waals surface area contributed by atoms with E-state index < -0.39 is 0 Å². The summed E-state index contributed by atoms with van der Waals surface area (Å²) < 4.78 is 37.4. The van der Waals surface area contributed by atoms with E-state index in [-0.39, 0.29) is 17.7 Å². The summed E-state index contributed by atoms with van der Waals surface area (Å²) in [6, 6.07) is 8.89. The molecule has 2 aromatic carbocycles. The molecule has 2 nitrogen and oxygen atoms in total. The fourth-order valence-electron chi connectivity index (χ4n) is 2.34. The van der Waals surface area contributed by atoms with Gasteiger partial charge in [0.25, 0.3) is 0 Å². The van der Waals surface area contributed by atoms with Gasteiger partial charge in [0, 0.05) is 12.0 Å². The van der Waals surface area contributed by atoms with Gasteiger partial charge >= 0.3 is 0 Å². The van der Waals surface area contributed by atoms with Crippen molar-refractivity contribution in [3.63, 3.8) is 0 Å². The van der Waals surface area contributed by atoms with E-state index in [9.17, 15) is 8.78 Å². The lowest BCUT2D eigenvalue weighted by atomic mass is 10.1. The monoisotopic (exact) mass is 276 g/mol. The summed E-state index contributed by atoms with van der Waals surface area (Å²) >= 11 is 0. The van der Waals surface area contributed by atoms with Gasteiger partial charge in [0.15, 0.2) is 0 Å². The molecule has 0 amide bonds. The minimum atomic E-state index is -0.283. The standard InChI is InChI=1S/C16H14F2O2/c1-10-6-12(17)2-4-15(10)19-9-14-8-11-7-13(18)3-5-16(11)20-14/h2-7,14H,8-9H2,1H3. The Morgan fingerprint density at radius 2 is 1.90 bits per heavy atom. The number of fused-ring (bicyclic) bond motifs is 1. The topological polar surface area (TPSA) is 18.5 Å². The van der Waals surface area contributed by atoms with Crippen LogP contribution in [0.5, 0.6) is 11.5 Å². The Labute approximate surface area is 116 Å². The van der Waals surface area contributed by atoms with Crippen molar-refractivity contribution >= 4 is 0 Å². The van der Waals surface area contributed by atoms with Crippen molar-refractivity contribution in [1.29, 1.82) is 0 Å². The summed E-state index contributed by atoms with van der Waals surface area (Å²) in [4.78, 5) is 0. The van der Waals surface area contributed by atoms with Crippen LogP contribution in [0.15, 0.2) is 36.4 Å². The zero-order valence-electron chi connectivity index (χ0n) is 11.0. The van der Waals surface area contributed by atoms with E-state index in [0.717, 1.165) is 11.1 Å². The minimum absolute atomic E-state index is 0.142. The van der Waals surface area contributed by atoms with Crippen LogP contribution in [0.25, 0.3) is 0 Å². The molecule has 0 aromatic heterocycles. The summed E-state index contributed by atoms with van der Waals surface area (Å²) in [6.45, 7) is 2.14. The van der Waals surface area contributed by atoms with Gasteiger partial charge < -0.3 is 9.47 Å². The van der Waals surface area contributed by atoms with Gasteiger partial charge in [-0.3, -0.25) is 0 Å². The lowest BCUT2D eigenvalue weighted by molar-refractivity contribution is 0.148. The second kappa shape index (κ2) is 5.12. The van der Waals surface area contributed by atoms with Crippen molar-refractivity contribution in [3.8, 4) is 11.5 Å². The van der Waals surface area contributed by atoms with E-state index in [1.165, 1.54) is 24.3 Å². The maximum atomic E-state index is 13.1. The van der Waals surface area contributed by atoms with Gasteiger partial charge in [0.1, 0.15) is 35.8 Å². The van der Waals surface area contributed by atoms with E-state index >= 15 is 0 Å². The smallest absolute Gasteiger partial charge is 0.137 e. The van der Waals surface area contributed by atoms with Crippen LogP contribution in [0.2, 0.25) is 0 Å². The van der Waals surface area contributed by atoms with Gasteiger partial charge in [0.05, 0.1) is 0 Å². The van der Waals surface area contributed by atoms with Crippen LogP contribution in [0.4, 0.5) is 8.78 Å². The molecule has 20 heavy (non-hydrogen) atoms. The van der Waals surface area contributed by atoms with Crippen LogP contribution in [0.1, 0.15) is 11.1 Å². The number of aryl methyl sites for hydroxylation is 1. The Balaban J connectivity index is 1.63. The third-order valence-corrected chi connectivity index (χ3v) is 3.33. The van der Waals surface area contributed by atoms with Crippen LogP contribution in [0.3, 0.4) is 0 Å². The highest BCUT2D eigenvalue weighted by Gasteiger charge is 2.24. The van der Waals surface area contributed by atoms with Crippen LogP contribution >= 0.6 is 0 Å². The molecule has 0 fully saturated rings. The highest BCUT2D eigenvalue weighted by molar-refractivity contribution is 5.38. The van der Waals surface area contributed by atoms with E-state index in [0.29, 0.717) is 24.5 Å². The molecule has 1 heterocycles. The largest absolute Gasteiger partial charge is 0.489 e. The number of ether oxygens (including phenoxy) is 2. The molecule has 3 rings (SSSR count). The molecule has 0 bridgehead atoms. The van der Waals surface area contributed by atoms with Crippen LogP contribution < -0.4 is 9.47 Å². The Morgan fingerprint density at radius 1 is 1.15 bits per heavy atom. The van der Waals surface area contributed by atoms with Gasteiger partial charge in [0.2, 0.25) is 0 Å². The molecule has 0 radical (unpaired) electrons. The van der Waals surface area contributed by atoms with Crippen LogP contribution in [-0.2, 0) is 6.42 Å². The first-order valence-corrected chi connectivity index (χ1v) is 6.46. The second-order valence-corrected chi connectivity index (χ2v) is 4.92. The van der Waals surface area contributed by atoms with Crippen molar-refractivity contribution < 1.29 is 18.3 Å². The van der Waals surface area contributed by atoms with Crippen molar-refractivity contribution in [2.45, 2.75) is 19.4 Å². The van der Waals surface area contributed by atoms with E-state index in [1.54, 1.807) is 19.1 Å². The van der Waals surface area contributed by atoms with Crippen molar-refractivity contribution in [3.05, 3.63) is 59.2 Å². The highest BCUT2D eigenvalue weighted by Crippen LogP contribution is 2.30. The molecule has 0 N–H and O–H groups in total. The molecule has 4 heteroatoms. The number of hydrogen-bond donors (Lipinski definition) is 0. The third-order valence-electron chi connectivity index (χ3n) is 3.33. The molecule has 1 aliphatic heterocycles. The van der Waals surface area contributed by atoms with Gasteiger partial charge in [-0.05, 0) is 48.9 Å². The molecule has 0 saturated carbocycles. The van der Waals surface area contributed by atoms with Gasteiger partial charge in [-0.15, -0.1) is 0 Å². The molecular weight excluding hydrogens is 262 g/mol. The van der Waals surface area contributed by atoms with Gasteiger partial charge in [-0.1, -0.05) is 0 Å². The van der Waals surface area contributed by atoms with Crippen molar-refractivity contribution in [1.82, 2.24) is 0 Å². The Hall–Kier alpha value is -2.10. The molecule has 0 spiro atoms. The average Bonchev–Trinajstić information content (AvgIpc) is 2.79. The number of rotatable bonds is 3. The van der Waals surface area contributed by atoms with E-state index in [2.05, 4.69) is 0 Å². The van der Waals surface area contributed by atoms with Crippen molar-refractivity contribution in [2.24, 2.45) is 0 Å². The van der Waals surface area contributed by atoms with Crippen LogP contribution in [-0.4, -0.2) is 12.7 Å². The average molecular weight is 276 g/mol. The Morgan fingerprint density at radius 3 is 2.70 bits per heavy atom. The molecule has 104 valence electrons. The van der Waals surface area contributed by atoms with Gasteiger partial charge in [-0.25, -0.2) is 8.78 Å². The van der Waals surface area contributed by atoms with Crippen molar-refractivity contribution in [2.75, 3.05) is 6.61 Å². The molecular formula is C16H14F2O2. The SMILES string of the molecule is Cc1cc(F)ccc1OCC1Cc2cc(F)ccc2O1. The molecule has 0 saturated heterocycles. The second-order valence-electron chi connectivity index (χ2n) is 4.92.